The molecule has 3 rings (SSSR count). The molecule has 6 heteroatoms. The van der Waals surface area contributed by atoms with E-state index in [0.717, 1.165) is 12.1 Å². The first-order chi connectivity index (χ1) is 10.5. The van der Waals surface area contributed by atoms with Crippen molar-refractivity contribution in [1.82, 2.24) is 0 Å². The minimum Gasteiger partial charge on any atom is -0.388 e. The van der Waals surface area contributed by atoms with E-state index in [-0.39, 0.29) is 18.5 Å². The lowest BCUT2D eigenvalue weighted by Gasteiger charge is -2.32. The van der Waals surface area contributed by atoms with Gasteiger partial charge in [0.1, 0.15) is 5.82 Å². The first kappa shape index (κ1) is 14.6. The fraction of sp³-hybridized carbons (Fsp3) is 0.188. The van der Waals surface area contributed by atoms with Crippen LogP contribution in [-0.2, 0) is 0 Å². The molecule has 0 aliphatic carbocycles. The zero-order valence-electron chi connectivity index (χ0n) is 11.4. The Bertz CT molecular complexity index is 748. The van der Waals surface area contributed by atoms with Crippen molar-refractivity contribution in [2.75, 3.05) is 11.4 Å². The van der Waals surface area contributed by atoms with Crippen LogP contribution in [0.25, 0.3) is 0 Å². The number of aliphatic hydroxyl groups excluding tert-OH is 1. The Morgan fingerprint density at radius 3 is 2.59 bits per heavy atom. The molecule has 0 saturated heterocycles. The molecule has 2 aromatic rings. The number of anilines is 1. The van der Waals surface area contributed by atoms with Crippen LogP contribution in [0.1, 0.15) is 28.4 Å². The summed E-state index contributed by atoms with van der Waals surface area (Å²) in [4.78, 5) is 13.8. The van der Waals surface area contributed by atoms with Crippen LogP contribution in [0.4, 0.5) is 18.9 Å². The molecule has 0 bridgehead atoms. The summed E-state index contributed by atoms with van der Waals surface area (Å²) in [7, 11) is 0. The second-order valence-corrected chi connectivity index (χ2v) is 5.09. The topological polar surface area (TPSA) is 40.5 Å². The van der Waals surface area contributed by atoms with E-state index in [1.54, 1.807) is 0 Å². The second-order valence-electron chi connectivity index (χ2n) is 5.09. The highest BCUT2D eigenvalue weighted by atomic mass is 19.2. The Labute approximate surface area is 124 Å². The number of aliphatic hydroxyl groups is 1. The highest BCUT2D eigenvalue weighted by Gasteiger charge is 2.28. The number of fused-ring (bicyclic) bond motifs is 1. The van der Waals surface area contributed by atoms with Crippen molar-refractivity contribution in [2.45, 2.75) is 12.5 Å². The normalized spacial score (nSPS) is 17.3. The maximum atomic E-state index is 13.3. The van der Waals surface area contributed by atoms with Gasteiger partial charge in [0.15, 0.2) is 11.6 Å². The lowest BCUT2D eigenvalue weighted by atomic mass is 9.98. The van der Waals surface area contributed by atoms with Crippen LogP contribution >= 0.6 is 0 Å². The molecule has 0 fully saturated rings. The number of nitrogens with zero attached hydrogens (tertiary/aromatic N) is 1. The van der Waals surface area contributed by atoms with Gasteiger partial charge in [-0.15, -0.1) is 0 Å². The van der Waals surface area contributed by atoms with Crippen LogP contribution in [0.15, 0.2) is 36.4 Å². The van der Waals surface area contributed by atoms with E-state index in [4.69, 9.17) is 0 Å². The van der Waals surface area contributed by atoms with Crippen LogP contribution in [0.2, 0.25) is 0 Å². The van der Waals surface area contributed by atoms with Crippen LogP contribution in [-0.4, -0.2) is 17.6 Å². The SMILES string of the molecule is O=C(c1ccc(F)c(F)c1)N1CCC(O)c2cc(F)ccc21. The van der Waals surface area contributed by atoms with Crippen molar-refractivity contribution in [3.63, 3.8) is 0 Å². The van der Waals surface area contributed by atoms with E-state index in [1.807, 2.05) is 0 Å². The van der Waals surface area contributed by atoms with Crippen LogP contribution in [0, 0.1) is 17.5 Å². The third-order valence-electron chi connectivity index (χ3n) is 3.68. The zero-order valence-corrected chi connectivity index (χ0v) is 11.4. The van der Waals surface area contributed by atoms with Gasteiger partial charge in [-0.3, -0.25) is 4.79 Å². The minimum atomic E-state index is -1.11. The number of hydrogen-bond acceptors (Lipinski definition) is 2. The number of amides is 1. The summed E-state index contributed by atoms with van der Waals surface area (Å²) in [6, 6.07) is 6.64. The molecule has 0 spiro atoms. The maximum absolute atomic E-state index is 13.3. The highest BCUT2D eigenvalue weighted by molar-refractivity contribution is 6.06. The van der Waals surface area contributed by atoms with Gasteiger partial charge in [-0.2, -0.15) is 0 Å². The summed E-state index contributed by atoms with van der Waals surface area (Å²) in [6.45, 7) is 0.206. The molecule has 22 heavy (non-hydrogen) atoms. The molecule has 2 aromatic carbocycles. The van der Waals surface area contributed by atoms with E-state index in [2.05, 4.69) is 0 Å². The molecule has 1 atom stereocenters. The Morgan fingerprint density at radius 2 is 1.86 bits per heavy atom. The van der Waals surface area contributed by atoms with Crippen molar-refractivity contribution in [2.24, 2.45) is 0 Å². The molecular weight excluding hydrogens is 295 g/mol. The molecule has 1 unspecified atom stereocenters. The number of halogens is 3. The van der Waals surface area contributed by atoms with Crippen molar-refractivity contribution < 1.29 is 23.1 Å². The molecule has 1 aliphatic heterocycles. The summed E-state index contributed by atoms with van der Waals surface area (Å²) >= 11 is 0. The Morgan fingerprint density at radius 1 is 1.09 bits per heavy atom. The van der Waals surface area contributed by atoms with Gasteiger partial charge in [0.25, 0.3) is 5.91 Å². The number of carbonyl (C=O) groups excluding carboxylic acids is 1. The summed E-state index contributed by atoms with van der Waals surface area (Å²) in [6.07, 6.45) is -0.619. The first-order valence-corrected chi connectivity index (χ1v) is 6.72. The standard InChI is InChI=1S/C16H12F3NO2/c17-10-2-4-14-11(8-10)15(21)5-6-20(14)16(22)9-1-3-12(18)13(19)7-9/h1-4,7-8,15,21H,5-6H2. The predicted molar refractivity (Wildman–Crippen MR) is 74.0 cm³/mol. The molecule has 1 heterocycles. The van der Waals surface area contributed by atoms with E-state index < -0.39 is 29.5 Å². The summed E-state index contributed by atoms with van der Waals surface area (Å²) in [5, 5.41) is 9.92. The van der Waals surface area contributed by atoms with Gasteiger partial charge in [0.05, 0.1) is 6.10 Å². The number of rotatable bonds is 1. The Kier molecular flexibility index (Phi) is 3.62. The van der Waals surface area contributed by atoms with Gasteiger partial charge >= 0.3 is 0 Å². The number of hydrogen-bond donors (Lipinski definition) is 1. The number of carbonyl (C=O) groups is 1. The molecule has 1 amide bonds. The van der Waals surface area contributed by atoms with Gasteiger partial charge in [-0.05, 0) is 42.8 Å². The molecule has 3 nitrogen and oxygen atoms in total. The minimum absolute atomic E-state index is 0.00874. The lowest BCUT2D eigenvalue weighted by molar-refractivity contribution is 0.0970. The van der Waals surface area contributed by atoms with Crippen molar-refractivity contribution >= 4 is 11.6 Å². The molecule has 0 aromatic heterocycles. The van der Waals surface area contributed by atoms with Gasteiger partial charge < -0.3 is 10.0 Å². The fourth-order valence-corrected chi connectivity index (χ4v) is 2.56. The van der Waals surface area contributed by atoms with E-state index in [1.165, 1.54) is 29.2 Å². The van der Waals surface area contributed by atoms with Crippen LogP contribution < -0.4 is 4.90 Å². The Hall–Kier alpha value is -2.34. The van der Waals surface area contributed by atoms with Gasteiger partial charge in [0, 0.05) is 23.4 Å². The zero-order chi connectivity index (χ0) is 15.9. The molecule has 1 N–H and O–H groups in total. The molecular formula is C16H12F3NO2. The summed E-state index contributed by atoms with van der Waals surface area (Å²) in [5.74, 6) is -3.19. The van der Waals surface area contributed by atoms with E-state index in [9.17, 15) is 23.1 Å². The highest BCUT2D eigenvalue weighted by Crippen LogP contribution is 2.35. The van der Waals surface area contributed by atoms with Gasteiger partial charge in [0.2, 0.25) is 0 Å². The molecule has 114 valence electrons. The number of benzene rings is 2. The quantitative estimate of drug-likeness (QED) is 0.879. The largest absolute Gasteiger partial charge is 0.388 e. The Balaban J connectivity index is 2.00. The monoisotopic (exact) mass is 307 g/mol. The first-order valence-electron chi connectivity index (χ1n) is 6.72. The average Bonchev–Trinajstić information content (AvgIpc) is 2.50. The average molecular weight is 307 g/mol. The maximum Gasteiger partial charge on any atom is 0.258 e. The van der Waals surface area contributed by atoms with E-state index >= 15 is 0 Å². The van der Waals surface area contributed by atoms with Crippen LogP contribution in [0.3, 0.4) is 0 Å². The van der Waals surface area contributed by atoms with E-state index in [0.29, 0.717) is 11.3 Å². The third-order valence-corrected chi connectivity index (χ3v) is 3.68. The summed E-state index contributed by atoms with van der Waals surface area (Å²) < 4.78 is 39.6. The lowest BCUT2D eigenvalue weighted by Crippen LogP contribution is -2.36. The van der Waals surface area contributed by atoms with Crippen molar-refractivity contribution in [3.8, 4) is 0 Å². The molecule has 1 aliphatic rings. The van der Waals surface area contributed by atoms with Gasteiger partial charge in [-0.25, -0.2) is 13.2 Å². The smallest absolute Gasteiger partial charge is 0.258 e. The van der Waals surface area contributed by atoms with Crippen LogP contribution in [0.5, 0.6) is 0 Å². The fourth-order valence-electron chi connectivity index (χ4n) is 2.56. The van der Waals surface area contributed by atoms with Crippen molar-refractivity contribution in [3.05, 3.63) is 65.0 Å². The van der Waals surface area contributed by atoms with Gasteiger partial charge in [-0.1, -0.05) is 0 Å². The molecule has 0 saturated carbocycles. The van der Waals surface area contributed by atoms with Crippen molar-refractivity contribution in [1.29, 1.82) is 0 Å². The third kappa shape index (κ3) is 2.46. The molecule has 0 radical (unpaired) electrons. The second kappa shape index (κ2) is 5.46. The summed E-state index contributed by atoms with van der Waals surface area (Å²) in [5.41, 5.74) is 0.669. The predicted octanol–water partition coefficient (Wildman–Crippen LogP) is 3.19.